The zero-order valence-electron chi connectivity index (χ0n) is 13.9. The van der Waals surface area contributed by atoms with Crippen LogP contribution in [0.15, 0.2) is 77.7 Å². The van der Waals surface area contributed by atoms with E-state index in [1.807, 2.05) is 0 Å². The Balaban J connectivity index is 1.71. The quantitative estimate of drug-likeness (QED) is 0.519. The lowest BCUT2D eigenvalue weighted by Gasteiger charge is -2.07. The zero-order valence-corrected chi connectivity index (χ0v) is 14.7. The van der Waals surface area contributed by atoms with Crippen molar-refractivity contribution < 1.29 is 23.0 Å². The molecule has 1 atom stereocenters. The van der Waals surface area contributed by atoms with E-state index in [9.17, 15) is 9.00 Å². The molecule has 0 aliphatic heterocycles. The van der Waals surface area contributed by atoms with Gasteiger partial charge in [-0.05, 0) is 72.8 Å². The second-order valence-electron chi connectivity index (χ2n) is 5.40. The second kappa shape index (κ2) is 7.95. The standard InChI is InChI=1S/C20H16O5S/c1-24-16-6-2-14(3-7-16)20(21)15-4-8-17(9-5-15)25-18-10-12-19(13-11-18)26(22)23/h2-13H,1H3,(H,22,23). The maximum atomic E-state index is 12.5. The van der Waals surface area contributed by atoms with Crippen LogP contribution in [-0.4, -0.2) is 21.7 Å². The highest BCUT2D eigenvalue weighted by atomic mass is 32.2. The molecule has 0 amide bonds. The SMILES string of the molecule is COc1ccc(C(=O)c2ccc(Oc3ccc(S(=O)O)cc3)cc2)cc1. The van der Waals surface area contributed by atoms with Crippen LogP contribution < -0.4 is 9.47 Å². The number of hydrogen-bond acceptors (Lipinski definition) is 4. The summed E-state index contributed by atoms with van der Waals surface area (Å²) < 4.78 is 30.7. The average Bonchev–Trinajstić information content (AvgIpc) is 2.68. The van der Waals surface area contributed by atoms with Gasteiger partial charge >= 0.3 is 0 Å². The number of carbonyl (C=O) groups excluding carboxylic acids is 1. The third-order valence-electron chi connectivity index (χ3n) is 3.73. The first-order valence-corrected chi connectivity index (χ1v) is 8.85. The van der Waals surface area contributed by atoms with Gasteiger partial charge < -0.3 is 14.0 Å². The third kappa shape index (κ3) is 4.17. The molecular weight excluding hydrogens is 352 g/mol. The van der Waals surface area contributed by atoms with Crippen molar-refractivity contribution in [3.05, 3.63) is 83.9 Å². The van der Waals surface area contributed by atoms with Crippen LogP contribution in [0.1, 0.15) is 15.9 Å². The van der Waals surface area contributed by atoms with Gasteiger partial charge in [0.15, 0.2) is 16.9 Å². The molecule has 0 spiro atoms. The maximum absolute atomic E-state index is 12.5. The molecule has 1 N–H and O–H groups in total. The Morgan fingerprint density at radius 2 is 1.19 bits per heavy atom. The lowest BCUT2D eigenvalue weighted by atomic mass is 10.0. The van der Waals surface area contributed by atoms with Gasteiger partial charge in [0.2, 0.25) is 0 Å². The summed E-state index contributed by atoms with van der Waals surface area (Å²) in [7, 11) is 1.58. The first-order valence-electron chi connectivity index (χ1n) is 7.74. The minimum absolute atomic E-state index is 0.0889. The molecule has 0 aliphatic rings. The highest BCUT2D eigenvalue weighted by molar-refractivity contribution is 7.79. The Labute approximate surface area is 153 Å². The van der Waals surface area contributed by atoms with Gasteiger partial charge in [-0.1, -0.05) is 0 Å². The fraction of sp³-hybridized carbons (Fsp3) is 0.0500. The molecule has 0 aromatic heterocycles. The Morgan fingerprint density at radius 3 is 1.62 bits per heavy atom. The largest absolute Gasteiger partial charge is 0.497 e. The summed E-state index contributed by atoms with van der Waals surface area (Å²) in [4.78, 5) is 12.8. The lowest BCUT2D eigenvalue weighted by Crippen LogP contribution is -2.01. The predicted octanol–water partition coefficient (Wildman–Crippen LogP) is 4.30. The molecule has 3 aromatic carbocycles. The van der Waals surface area contributed by atoms with Crippen LogP contribution in [0.4, 0.5) is 0 Å². The van der Waals surface area contributed by atoms with Gasteiger partial charge in [0, 0.05) is 11.1 Å². The number of carbonyl (C=O) groups is 1. The highest BCUT2D eigenvalue weighted by Gasteiger charge is 2.09. The van der Waals surface area contributed by atoms with E-state index >= 15 is 0 Å². The molecule has 0 saturated heterocycles. The van der Waals surface area contributed by atoms with Crippen LogP contribution >= 0.6 is 0 Å². The van der Waals surface area contributed by atoms with E-state index < -0.39 is 11.1 Å². The summed E-state index contributed by atoms with van der Waals surface area (Å²) in [6, 6.07) is 20.0. The highest BCUT2D eigenvalue weighted by Crippen LogP contribution is 2.23. The molecule has 0 saturated carbocycles. The summed E-state index contributed by atoms with van der Waals surface area (Å²) in [5, 5.41) is 0. The molecule has 0 heterocycles. The van der Waals surface area contributed by atoms with E-state index in [4.69, 9.17) is 14.0 Å². The van der Waals surface area contributed by atoms with Crippen LogP contribution in [0.3, 0.4) is 0 Å². The number of ether oxygens (including phenoxy) is 2. The van der Waals surface area contributed by atoms with E-state index in [0.717, 1.165) is 0 Å². The van der Waals surface area contributed by atoms with Gasteiger partial charge in [0.25, 0.3) is 0 Å². The van der Waals surface area contributed by atoms with Gasteiger partial charge in [-0.2, -0.15) is 0 Å². The van der Waals surface area contributed by atoms with Gasteiger partial charge in [0.1, 0.15) is 17.2 Å². The molecule has 5 nitrogen and oxygen atoms in total. The van der Waals surface area contributed by atoms with Crippen molar-refractivity contribution in [2.75, 3.05) is 7.11 Å². The Hall–Kier alpha value is -2.96. The van der Waals surface area contributed by atoms with E-state index in [2.05, 4.69) is 0 Å². The molecule has 0 bridgehead atoms. The van der Waals surface area contributed by atoms with Crippen molar-refractivity contribution >= 4 is 16.9 Å². The summed E-state index contributed by atoms with van der Waals surface area (Å²) in [5.41, 5.74) is 1.13. The van der Waals surface area contributed by atoms with Crippen LogP contribution in [0, 0.1) is 0 Å². The number of methoxy groups -OCH3 is 1. The van der Waals surface area contributed by atoms with Crippen molar-refractivity contribution in [3.8, 4) is 17.2 Å². The van der Waals surface area contributed by atoms with Gasteiger partial charge in [0.05, 0.1) is 12.0 Å². The molecule has 3 aromatic rings. The van der Waals surface area contributed by atoms with Gasteiger partial charge in [-0.25, -0.2) is 4.21 Å². The van der Waals surface area contributed by atoms with Crippen LogP contribution in [0.25, 0.3) is 0 Å². The van der Waals surface area contributed by atoms with E-state index in [0.29, 0.717) is 33.3 Å². The Kier molecular flexibility index (Phi) is 5.46. The molecule has 3 rings (SSSR count). The number of ketones is 1. The molecule has 0 fully saturated rings. The van der Waals surface area contributed by atoms with Crippen molar-refractivity contribution in [2.24, 2.45) is 0 Å². The Morgan fingerprint density at radius 1 is 0.769 bits per heavy atom. The molecule has 132 valence electrons. The maximum Gasteiger partial charge on any atom is 0.193 e. The van der Waals surface area contributed by atoms with Crippen molar-refractivity contribution in [1.82, 2.24) is 0 Å². The first-order chi connectivity index (χ1) is 12.6. The molecular formula is C20H16O5S. The minimum atomic E-state index is -2.01. The third-order valence-corrected chi connectivity index (χ3v) is 4.41. The van der Waals surface area contributed by atoms with E-state index in [-0.39, 0.29) is 5.78 Å². The van der Waals surface area contributed by atoms with Gasteiger partial charge in [-0.15, -0.1) is 0 Å². The van der Waals surface area contributed by atoms with Crippen molar-refractivity contribution in [3.63, 3.8) is 0 Å². The van der Waals surface area contributed by atoms with Crippen molar-refractivity contribution in [1.29, 1.82) is 0 Å². The summed E-state index contributed by atoms with van der Waals surface area (Å²) in [5.74, 6) is 1.71. The topological polar surface area (TPSA) is 72.8 Å². The molecule has 1 unspecified atom stereocenters. The molecule has 26 heavy (non-hydrogen) atoms. The summed E-state index contributed by atoms with van der Waals surface area (Å²) in [6.45, 7) is 0. The minimum Gasteiger partial charge on any atom is -0.497 e. The number of hydrogen-bond donors (Lipinski definition) is 1. The zero-order chi connectivity index (χ0) is 18.5. The number of benzene rings is 3. The average molecular weight is 368 g/mol. The van der Waals surface area contributed by atoms with Crippen molar-refractivity contribution in [2.45, 2.75) is 4.90 Å². The van der Waals surface area contributed by atoms with Crippen LogP contribution in [0.5, 0.6) is 17.2 Å². The number of rotatable bonds is 6. The summed E-state index contributed by atoms with van der Waals surface area (Å²) >= 11 is -2.01. The fourth-order valence-electron chi connectivity index (χ4n) is 2.34. The first kappa shape index (κ1) is 17.8. The van der Waals surface area contributed by atoms with Crippen LogP contribution in [-0.2, 0) is 11.1 Å². The molecule has 0 aliphatic carbocycles. The monoisotopic (exact) mass is 368 g/mol. The summed E-state index contributed by atoms with van der Waals surface area (Å²) in [6.07, 6.45) is 0. The molecule has 6 heteroatoms. The smallest absolute Gasteiger partial charge is 0.193 e. The van der Waals surface area contributed by atoms with Gasteiger partial charge in [-0.3, -0.25) is 4.79 Å². The van der Waals surface area contributed by atoms with E-state index in [1.165, 1.54) is 12.1 Å². The normalized spacial score (nSPS) is 11.6. The van der Waals surface area contributed by atoms with Crippen LogP contribution in [0.2, 0.25) is 0 Å². The Bertz CT molecular complexity index is 916. The fourth-order valence-corrected chi connectivity index (χ4v) is 2.71. The second-order valence-corrected chi connectivity index (χ2v) is 6.37. The van der Waals surface area contributed by atoms with E-state index in [1.54, 1.807) is 67.8 Å². The molecule has 0 radical (unpaired) electrons. The predicted molar refractivity (Wildman–Crippen MR) is 98.4 cm³/mol. The lowest BCUT2D eigenvalue weighted by molar-refractivity contribution is 0.103.